The molecule has 0 saturated heterocycles. The number of hydrogen-bond donors (Lipinski definition) is 1. The van der Waals surface area contributed by atoms with Crippen LogP contribution in [-0.2, 0) is 13.2 Å². The van der Waals surface area contributed by atoms with E-state index < -0.39 is 4.92 Å². The Bertz CT molecular complexity index is 924. The minimum Gasteiger partial charge on any atom is -0.488 e. The van der Waals surface area contributed by atoms with E-state index in [-0.39, 0.29) is 18.2 Å². The number of nitro benzene ring substituents is 1. The molecule has 3 aromatic rings. The first-order valence-electron chi connectivity index (χ1n) is 8.41. The lowest BCUT2D eigenvalue weighted by molar-refractivity contribution is -0.384. The van der Waals surface area contributed by atoms with Crippen LogP contribution in [0.4, 0.5) is 5.69 Å². The van der Waals surface area contributed by atoms with Crippen molar-refractivity contribution in [2.45, 2.75) is 13.2 Å². The number of non-ortho nitro benzene ring substituents is 1. The van der Waals surface area contributed by atoms with E-state index >= 15 is 0 Å². The van der Waals surface area contributed by atoms with E-state index in [0.717, 1.165) is 11.1 Å². The van der Waals surface area contributed by atoms with Gasteiger partial charge in [-0.05, 0) is 35.4 Å². The van der Waals surface area contributed by atoms with E-state index in [1.807, 2.05) is 30.3 Å². The Morgan fingerprint density at radius 2 is 1.56 bits per heavy atom. The van der Waals surface area contributed by atoms with Crippen LogP contribution >= 0.6 is 0 Å². The van der Waals surface area contributed by atoms with Crippen molar-refractivity contribution in [2.75, 3.05) is 0 Å². The fourth-order valence-corrected chi connectivity index (χ4v) is 2.53. The molecule has 0 fully saturated rings. The molecule has 3 rings (SSSR count). The molecule has 0 saturated carbocycles. The number of carbonyl (C=O) groups excluding carboxylic acids is 1. The molecule has 0 aromatic heterocycles. The number of nitrogens with one attached hydrogen (secondary N) is 1. The van der Waals surface area contributed by atoms with Crippen LogP contribution in [0.3, 0.4) is 0 Å². The summed E-state index contributed by atoms with van der Waals surface area (Å²) >= 11 is 0. The van der Waals surface area contributed by atoms with Crippen molar-refractivity contribution in [1.29, 1.82) is 0 Å². The van der Waals surface area contributed by atoms with Gasteiger partial charge in [-0.2, -0.15) is 0 Å². The van der Waals surface area contributed by atoms with Gasteiger partial charge in [0, 0.05) is 18.7 Å². The highest BCUT2D eigenvalue weighted by Gasteiger charge is 2.12. The monoisotopic (exact) mass is 362 g/mol. The smallest absolute Gasteiger partial charge is 0.269 e. The lowest BCUT2D eigenvalue weighted by Crippen LogP contribution is -2.23. The van der Waals surface area contributed by atoms with Gasteiger partial charge in [0.25, 0.3) is 11.6 Å². The van der Waals surface area contributed by atoms with Gasteiger partial charge in [-0.1, -0.05) is 42.5 Å². The van der Waals surface area contributed by atoms with Crippen molar-refractivity contribution in [3.8, 4) is 5.75 Å². The number of ether oxygens (including phenoxy) is 1. The molecule has 1 amide bonds. The summed E-state index contributed by atoms with van der Waals surface area (Å²) in [5, 5.41) is 13.6. The van der Waals surface area contributed by atoms with Gasteiger partial charge in [0.05, 0.1) is 10.5 Å². The van der Waals surface area contributed by atoms with E-state index in [9.17, 15) is 14.9 Å². The molecule has 1 N–H and O–H groups in total. The van der Waals surface area contributed by atoms with E-state index in [4.69, 9.17) is 4.74 Å². The number of rotatable bonds is 7. The van der Waals surface area contributed by atoms with Crippen LogP contribution in [-0.4, -0.2) is 10.8 Å². The fourth-order valence-electron chi connectivity index (χ4n) is 2.53. The quantitative estimate of drug-likeness (QED) is 0.507. The molecule has 136 valence electrons. The molecule has 0 bridgehead atoms. The third-order valence-electron chi connectivity index (χ3n) is 3.97. The number of carbonyl (C=O) groups is 1. The van der Waals surface area contributed by atoms with Gasteiger partial charge in [0.15, 0.2) is 0 Å². The first kappa shape index (κ1) is 18.1. The van der Waals surface area contributed by atoms with Crippen molar-refractivity contribution in [3.63, 3.8) is 0 Å². The third-order valence-corrected chi connectivity index (χ3v) is 3.97. The fraction of sp³-hybridized carbons (Fsp3) is 0.0952. The van der Waals surface area contributed by atoms with Crippen molar-refractivity contribution >= 4 is 11.6 Å². The minimum absolute atomic E-state index is 0.0273. The molecule has 6 nitrogen and oxygen atoms in total. The number of benzene rings is 3. The summed E-state index contributed by atoms with van der Waals surface area (Å²) in [5.74, 6) is 0.236. The normalized spacial score (nSPS) is 10.2. The molecular weight excluding hydrogens is 344 g/mol. The standard InChI is InChI=1S/C21H18N2O4/c24-21(22-14-16-6-2-1-3-7-16)19-8-4-5-9-20(19)27-15-17-10-12-18(13-11-17)23(25)26/h1-13H,14-15H2,(H,22,24). The molecule has 0 aliphatic rings. The summed E-state index contributed by atoms with van der Waals surface area (Å²) in [6, 6.07) is 22.8. The van der Waals surface area contributed by atoms with E-state index in [0.29, 0.717) is 17.9 Å². The second-order valence-corrected chi connectivity index (χ2v) is 5.88. The zero-order valence-electron chi connectivity index (χ0n) is 14.5. The first-order valence-corrected chi connectivity index (χ1v) is 8.41. The molecule has 6 heteroatoms. The largest absolute Gasteiger partial charge is 0.488 e. The average molecular weight is 362 g/mol. The van der Waals surface area contributed by atoms with Crippen molar-refractivity contribution in [2.24, 2.45) is 0 Å². The molecule has 0 atom stereocenters. The van der Waals surface area contributed by atoms with Gasteiger partial charge >= 0.3 is 0 Å². The highest BCUT2D eigenvalue weighted by atomic mass is 16.6. The number of nitro groups is 1. The molecule has 0 aliphatic heterocycles. The second kappa shape index (κ2) is 8.62. The number of amides is 1. The predicted molar refractivity (Wildman–Crippen MR) is 101 cm³/mol. The minimum atomic E-state index is -0.447. The molecule has 0 unspecified atom stereocenters. The summed E-state index contributed by atoms with van der Waals surface area (Å²) in [6.07, 6.45) is 0. The van der Waals surface area contributed by atoms with Crippen LogP contribution in [0.15, 0.2) is 78.9 Å². The van der Waals surface area contributed by atoms with Gasteiger partial charge in [0.2, 0.25) is 0 Å². The Hall–Kier alpha value is -3.67. The van der Waals surface area contributed by atoms with Crippen molar-refractivity contribution in [3.05, 3.63) is 106 Å². The summed E-state index contributed by atoms with van der Waals surface area (Å²) in [4.78, 5) is 22.8. The van der Waals surface area contributed by atoms with Crippen LogP contribution in [0.2, 0.25) is 0 Å². The Kier molecular flexibility index (Phi) is 5.79. The SMILES string of the molecule is O=C(NCc1ccccc1)c1ccccc1OCc1ccc([N+](=O)[O-])cc1. The number of nitrogens with zero attached hydrogens (tertiary/aromatic N) is 1. The number of hydrogen-bond acceptors (Lipinski definition) is 4. The average Bonchev–Trinajstić information content (AvgIpc) is 2.71. The second-order valence-electron chi connectivity index (χ2n) is 5.88. The van der Waals surface area contributed by atoms with Gasteiger partial charge in [0.1, 0.15) is 12.4 Å². The highest BCUT2D eigenvalue weighted by molar-refractivity contribution is 5.96. The van der Waals surface area contributed by atoms with Crippen LogP contribution in [0.5, 0.6) is 5.75 Å². The lowest BCUT2D eigenvalue weighted by atomic mass is 10.1. The Balaban J connectivity index is 1.64. The zero-order chi connectivity index (χ0) is 19.1. The van der Waals surface area contributed by atoms with Gasteiger partial charge in [-0.15, -0.1) is 0 Å². The van der Waals surface area contributed by atoms with Crippen LogP contribution in [0.1, 0.15) is 21.5 Å². The molecule has 0 radical (unpaired) electrons. The first-order chi connectivity index (χ1) is 13.1. The summed E-state index contributed by atoms with van der Waals surface area (Å²) in [5.41, 5.74) is 2.25. The number of para-hydroxylation sites is 1. The molecule has 0 heterocycles. The predicted octanol–water partition coefficient (Wildman–Crippen LogP) is 4.10. The lowest BCUT2D eigenvalue weighted by Gasteiger charge is -2.12. The topological polar surface area (TPSA) is 81.5 Å². The molecule has 0 aliphatic carbocycles. The zero-order valence-corrected chi connectivity index (χ0v) is 14.5. The molecular formula is C21H18N2O4. The molecule has 0 spiro atoms. The van der Waals surface area contributed by atoms with Gasteiger partial charge in [-0.25, -0.2) is 0 Å². The highest BCUT2D eigenvalue weighted by Crippen LogP contribution is 2.20. The molecule has 3 aromatic carbocycles. The maximum atomic E-state index is 12.5. The Morgan fingerprint density at radius 3 is 2.26 bits per heavy atom. The van der Waals surface area contributed by atoms with Crippen molar-refractivity contribution < 1.29 is 14.5 Å². The van der Waals surface area contributed by atoms with Crippen LogP contribution in [0.25, 0.3) is 0 Å². The Morgan fingerprint density at radius 1 is 0.889 bits per heavy atom. The molecule has 27 heavy (non-hydrogen) atoms. The summed E-state index contributed by atoms with van der Waals surface area (Å²) in [7, 11) is 0. The third kappa shape index (κ3) is 4.92. The van der Waals surface area contributed by atoms with Crippen molar-refractivity contribution in [1.82, 2.24) is 5.32 Å². The summed E-state index contributed by atoms with van der Waals surface area (Å²) in [6.45, 7) is 0.636. The van der Waals surface area contributed by atoms with E-state index in [2.05, 4.69) is 5.32 Å². The van der Waals surface area contributed by atoms with E-state index in [1.165, 1.54) is 12.1 Å². The van der Waals surface area contributed by atoms with E-state index in [1.54, 1.807) is 36.4 Å². The maximum absolute atomic E-state index is 12.5. The van der Waals surface area contributed by atoms with Gasteiger partial charge in [-0.3, -0.25) is 14.9 Å². The van der Waals surface area contributed by atoms with Crippen LogP contribution in [0, 0.1) is 10.1 Å². The van der Waals surface area contributed by atoms with Gasteiger partial charge < -0.3 is 10.1 Å². The summed E-state index contributed by atoms with van der Waals surface area (Å²) < 4.78 is 5.77. The maximum Gasteiger partial charge on any atom is 0.269 e. The Labute approximate surface area is 156 Å². The van der Waals surface area contributed by atoms with Crippen LogP contribution < -0.4 is 10.1 Å².